The molecule has 0 radical (unpaired) electrons. The minimum absolute atomic E-state index is 0.380. The first kappa shape index (κ1) is 16.8. The second kappa shape index (κ2) is 8.79. The zero-order valence-electron chi connectivity index (χ0n) is 10.8. The van der Waals surface area contributed by atoms with E-state index >= 15 is 0 Å². The number of rotatable bonds is 7. The molecule has 106 valence electrons. The summed E-state index contributed by atoms with van der Waals surface area (Å²) < 4.78 is 36.1. The predicted molar refractivity (Wildman–Crippen MR) is 67.7 cm³/mol. The summed E-state index contributed by atoms with van der Waals surface area (Å²) in [5.74, 6) is 0.619. The molecule has 0 aromatic heterocycles. The molecular weight excluding hydrogens is 245 g/mol. The van der Waals surface area contributed by atoms with E-state index in [0.29, 0.717) is 32.0 Å². The summed E-state index contributed by atoms with van der Waals surface area (Å²) in [6.45, 7) is 4.22. The second-order valence-corrected chi connectivity index (χ2v) is 3.88. The van der Waals surface area contributed by atoms with E-state index < -0.39 is 12.7 Å². The minimum Gasteiger partial charge on any atom is -0.356 e. The Balaban J connectivity index is 3.69. The number of nitrogens with zero attached hydrogens (tertiary/aromatic N) is 2. The molecule has 0 bridgehead atoms. The van der Waals surface area contributed by atoms with Crippen molar-refractivity contribution in [3.8, 4) is 0 Å². The number of aliphatic imine (C=N–C) groups is 1. The first-order chi connectivity index (χ1) is 8.39. The van der Waals surface area contributed by atoms with Gasteiger partial charge in [-0.25, -0.2) is 0 Å². The van der Waals surface area contributed by atoms with Gasteiger partial charge in [0.05, 0.1) is 6.54 Å². The van der Waals surface area contributed by atoms with Crippen LogP contribution in [0.2, 0.25) is 0 Å². The van der Waals surface area contributed by atoms with Crippen molar-refractivity contribution in [3.63, 3.8) is 0 Å². The van der Waals surface area contributed by atoms with Crippen LogP contribution in [-0.4, -0.2) is 57.3 Å². The van der Waals surface area contributed by atoms with E-state index in [0.717, 1.165) is 0 Å². The summed E-state index contributed by atoms with van der Waals surface area (Å²) in [5, 5.41) is 5.98. The monoisotopic (exact) mass is 266 g/mol. The highest BCUT2D eigenvalue weighted by Crippen LogP contribution is 2.15. The van der Waals surface area contributed by atoms with Gasteiger partial charge in [0.1, 0.15) is 0 Å². The molecule has 0 rings (SSSR count). The molecule has 0 heterocycles. The van der Waals surface area contributed by atoms with Gasteiger partial charge in [-0.15, -0.1) is 6.58 Å². The lowest BCUT2D eigenvalue weighted by Gasteiger charge is -2.18. The Bertz CT molecular complexity index is 264. The average Bonchev–Trinajstić information content (AvgIpc) is 2.26. The highest BCUT2D eigenvalue weighted by Gasteiger charge is 2.28. The number of nitrogens with one attached hydrogen (secondary N) is 2. The van der Waals surface area contributed by atoms with Gasteiger partial charge in [-0.2, -0.15) is 13.2 Å². The molecule has 0 fully saturated rings. The van der Waals surface area contributed by atoms with Gasteiger partial charge in [-0.3, -0.25) is 9.89 Å². The lowest BCUT2D eigenvalue weighted by molar-refractivity contribution is -0.143. The smallest absolute Gasteiger partial charge is 0.356 e. The zero-order valence-corrected chi connectivity index (χ0v) is 10.8. The fraction of sp³-hybridized carbons (Fsp3) is 0.727. The maximum absolute atomic E-state index is 12.0. The van der Waals surface area contributed by atoms with Crippen LogP contribution in [0.15, 0.2) is 17.6 Å². The Morgan fingerprint density at radius 1 is 1.39 bits per heavy atom. The highest BCUT2D eigenvalue weighted by molar-refractivity contribution is 5.79. The van der Waals surface area contributed by atoms with Gasteiger partial charge in [-0.1, -0.05) is 6.08 Å². The number of halogens is 3. The van der Waals surface area contributed by atoms with Crippen LogP contribution in [0.5, 0.6) is 0 Å². The average molecular weight is 266 g/mol. The molecule has 7 heteroatoms. The Labute approximate surface area is 106 Å². The summed E-state index contributed by atoms with van der Waals surface area (Å²) in [6.07, 6.45) is -1.82. The van der Waals surface area contributed by atoms with Crippen molar-refractivity contribution in [2.24, 2.45) is 4.99 Å². The number of alkyl halides is 3. The van der Waals surface area contributed by atoms with Crippen molar-refractivity contribution in [2.75, 3.05) is 40.3 Å². The quantitative estimate of drug-likeness (QED) is 0.315. The van der Waals surface area contributed by atoms with Crippen LogP contribution in [-0.2, 0) is 0 Å². The van der Waals surface area contributed by atoms with Crippen molar-refractivity contribution in [1.29, 1.82) is 0 Å². The van der Waals surface area contributed by atoms with Gasteiger partial charge in [-0.05, 0) is 20.0 Å². The molecule has 4 nitrogen and oxygen atoms in total. The Kier molecular flexibility index (Phi) is 8.19. The Hall–Kier alpha value is -1.24. The fourth-order valence-electron chi connectivity index (χ4n) is 1.33. The zero-order chi connectivity index (χ0) is 14.0. The first-order valence-corrected chi connectivity index (χ1v) is 5.69. The van der Waals surface area contributed by atoms with Gasteiger partial charge in [0.2, 0.25) is 0 Å². The van der Waals surface area contributed by atoms with E-state index in [-0.39, 0.29) is 0 Å². The normalized spacial score (nSPS) is 12.7. The molecule has 2 N–H and O–H groups in total. The maximum atomic E-state index is 12.0. The van der Waals surface area contributed by atoms with Crippen LogP contribution in [0, 0.1) is 0 Å². The number of hydrogen-bond donors (Lipinski definition) is 2. The summed E-state index contributed by atoms with van der Waals surface area (Å²) in [6, 6.07) is 0. The van der Waals surface area contributed by atoms with Crippen molar-refractivity contribution in [3.05, 3.63) is 12.7 Å². The van der Waals surface area contributed by atoms with Crippen LogP contribution in [0.3, 0.4) is 0 Å². The molecule has 0 saturated heterocycles. The largest absolute Gasteiger partial charge is 0.401 e. The van der Waals surface area contributed by atoms with Crippen LogP contribution in [0.4, 0.5) is 13.2 Å². The van der Waals surface area contributed by atoms with Crippen molar-refractivity contribution in [1.82, 2.24) is 15.5 Å². The van der Waals surface area contributed by atoms with E-state index in [2.05, 4.69) is 22.2 Å². The lowest BCUT2D eigenvalue weighted by Crippen LogP contribution is -2.39. The maximum Gasteiger partial charge on any atom is 0.401 e. The number of guanidine groups is 1. The van der Waals surface area contributed by atoms with E-state index in [9.17, 15) is 13.2 Å². The highest BCUT2D eigenvalue weighted by atomic mass is 19.4. The molecular formula is C11H21F3N4. The van der Waals surface area contributed by atoms with E-state index in [1.807, 2.05) is 0 Å². The molecule has 0 amide bonds. The summed E-state index contributed by atoms with van der Waals surface area (Å²) >= 11 is 0. The van der Waals surface area contributed by atoms with Crippen molar-refractivity contribution in [2.45, 2.75) is 12.6 Å². The Morgan fingerprint density at radius 2 is 2.06 bits per heavy atom. The van der Waals surface area contributed by atoms with Crippen molar-refractivity contribution < 1.29 is 13.2 Å². The van der Waals surface area contributed by atoms with Crippen LogP contribution in [0.1, 0.15) is 6.42 Å². The van der Waals surface area contributed by atoms with E-state index in [1.165, 1.54) is 11.9 Å². The molecule has 0 atom stereocenters. The van der Waals surface area contributed by atoms with Gasteiger partial charge >= 0.3 is 6.18 Å². The standard InChI is InChI=1S/C11H21F3N4/c1-4-6-16-10(15-2)17-7-5-8-18(3)9-11(12,13)14/h4H,1,5-9H2,2-3H3,(H2,15,16,17). The lowest BCUT2D eigenvalue weighted by atomic mass is 10.4. The number of hydrogen-bond acceptors (Lipinski definition) is 2. The molecule has 0 aliphatic carbocycles. The third-order valence-corrected chi connectivity index (χ3v) is 2.10. The van der Waals surface area contributed by atoms with Crippen LogP contribution in [0.25, 0.3) is 0 Å². The fourth-order valence-corrected chi connectivity index (χ4v) is 1.33. The van der Waals surface area contributed by atoms with Crippen LogP contribution >= 0.6 is 0 Å². The SMILES string of the molecule is C=CCNC(=NC)NCCCN(C)CC(F)(F)F. The summed E-state index contributed by atoms with van der Waals surface area (Å²) in [4.78, 5) is 5.21. The second-order valence-electron chi connectivity index (χ2n) is 3.88. The van der Waals surface area contributed by atoms with Gasteiger partial charge < -0.3 is 10.6 Å². The van der Waals surface area contributed by atoms with E-state index in [1.54, 1.807) is 13.1 Å². The van der Waals surface area contributed by atoms with Gasteiger partial charge in [0, 0.05) is 20.1 Å². The molecule has 0 saturated carbocycles. The minimum atomic E-state index is -4.14. The first-order valence-electron chi connectivity index (χ1n) is 5.69. The van der Waals surface area contributed by atoms with Crippen LogP contribution < -0.4 is 10.6 Å². The summed E-state index contributed by atoms with van der Waals surface area (Å²) in [7, 11) is 3.09. The Morgan fingerprint density at radius 3 is 2.56 bits per heavy atom. The van der Waals surface area contributed by atoms with Gasteiger partial charge in [0.25, 0.3) is 0 Å². The van der Waals surface area contributed by atoms with Crippen molar-refractivity contribution >= 4 is 5.96 Å². The molecule has 0 unspecified atom stereocenters. The molecule has 0 aromatic carbocycles. The third kappa shape index (κ3) is 9.95. The van der Waals surface area contributed by atoms with Gasteiger partial charge in [0.15, 0.2) is 5.96 Å². The molecule has 0 aromatic rings. The topological polar surface area (TPSA) is 39.7 Å². The molecule has 0 spiro atoms. The van der Waals surface area contributed by atoms with E-state index in [4.69, 9.17) is 0 Å². The third-order valence-electron chi connectivity index (χ3n) is 2.10. The summed E-state index contributed by atoms with van der Waals surface area (Å²) in [5.41, 5.74) is 0. The molecule has 0 aliphatic heterocycles. The molecule has 18 heavy (non-hydrogen) atoms. The molecule has 0 aliphatic rings. The predicted octanol–water partition coefficient (Wildman–Crippen LogP) is 1.22.